The fourth-order valence-electron chi connectivity index (χ4n) is 1.75. The van der Waals surface area contributed by atoms with Gasteiger partial charge in [0.1, 0.15) is 0 Å². The average molecular weight is 462 g/mol. The summed E-state index contributed by atoms with van der Waals surface area (Å²) in [6.45, 7) is 0. The molecular weight excluding hydrogens is 451 g/mol. The zero-order chi connectivity index (χ0) is 14.7. The van der Waals surface area contributed by atoms with Crippen molar-refractivity contribution < 1.29 is 44.6 Å². The molecule has 1 N–H and O–H groups in total. The van der Waals surface area contributed by atoms with Crippen LogP contribution in [0.2, 0.25) is 0 Å². The fraction of sp³-hybridized carbons (Fsp3) is 0.308. The Hall–Kier alpha value is -1.75. The van der Waals surface area contributed by atoms with E-state index in [4.69, 9.17) is 4.74 Å². The Balaban J connectivity index is 0.00000220. The summed E-state index contributed by atoms with van der Waals surface area (Å²) in [5.74, 6) is -2.41. The number of hydrogen-bond donors (Lipinski definition) is 1. The van der Waals surface area contributed by atoms with Crippen molar-refractivity contribution in [3.63, 3.8) is 0 Å². The molecule has 1 saturated heterocycles. The second-order valence-corrected chi connectivity index (χ2v) is 4.18. The molecule has 110 valence electrons. The van der Waals surface area contributed by atoms with E-state index in [0.717, 1.165) is 12.1 Å². The number of nitrogens with zero attached hydrogens (tertiary/aromatic N) is 1. The quantitative estimate of drug-likeness (QED) is 0.536. The molecule has 1 aliphatic heterocycles. The number of benzene rings is 1. The van der Waals surface area contributed by atoms with Crippen LogP contribution in [0.4, 0.5) is 4.39 Å². The molecule has 0 bridgehead atoms. The fourth-order valence-corrected chi connectivity index (χ4v) is 1.75. The molecule has 0 saturated carbocycles. The molecule has 1 atom stereocenters. The summed E-state index contributed by atoms with van der Waals surface area (Å²) in [6, 6.07) is 3.63. The molecule has 1 heterocycles. The van der Waals surface area contributed by atoms with E-state index < -0.39 is 29.6 Å². The van der Waals surface area contributed by atoms with Gasteiger partial charge in [0, 0.05) is 18.0 Å². The second-order valence-electron chi connectivity index (χ2n) is 4.18. The Labute approximate surface area is 134 Å². The maximum atomic E-state index is 13.3. The molecule has 3 amide bonds. The smallest absolute Gasteiger partial charge is 0.684 e. The summed E-state index contributed by atoms with van der Waals surface area (Å²) in [4.78, 5) is 34.3. The Morgan fingerprint density at radius 1 is 1.48 bits per heavy atom. The molecule has 1 unspecified atom stereocenters. The normalized spacial score (nSPS) is 17.5. The summed E-state index contributed by atoms with van der Waals surface area (Å²) in [5.41, 5.74) is -0.133. The van der Waals surface area contributed by atoms with Gasteiger partial charge in [-0.15, -0.1) is 11.6 Å². The van der Waals surface area contributed by atoms with Gasteiger partial charge >= 0.3 is 21.1 Å². The molecule has 2 rings (SSSR count). The molecule has 21 heavy (non-hydrogen) atoms. The molecule has 1 fully saturated rings. The van der Waals surface area contributed by atoms with Gasteiger partial charge in [-0.05, 0) is 18.4 Å². The van der Waals surface area contributed by atoms with E-state index in [1.165, 1.54) is 7.11 Å². The predicted octanol–water partition coefficient (Wildman–Crippen LogP) is 0.951. The molecule has 8 heteroatoms. The minimum absolute atomic E-state index is 0. The first-order valence-electron chi connectivity index (χ1n) is 5.85. The first-order valence-corrected chi connectivity index (χ1v) is 5.85. The van der Waals surface area contributed by atoms with Crippen molar-refractivity contribution >= 4 is 17.7 Å². The number of hydrogen-bond acceptors (Lipinski definition) is 4. The van der Waals surface area contributed by atoms with Crippen molar-refractivity contribution in [3.8, 4) is 5.75 Å². The van der Waals surface area contributed by atoms with Crippen LogP contribution < -0.4 is 10.1 Å². The molecular formula is C13H11FN2O4W. The first-order chi connectivity index (χ1) is 9.49. The van der Waals surface area contributed by atoms with Crippen molar-refractivity contribution in [3.05, 3.63) is 34.9 Å². The van der Waals surface area contributed by atoms with Crippen molar-refractivity contribution in [1.29, 1.82) is 0 Å². The van der Waals surface area contributed by atoms with Crippen LogP contribution in [0.25, 0.3) is 5.32 Å². The molecule has 6 nitrogen and oxygen atoms in total. The van der Waals surface area contributed by atoms with Crippen LogP contribution in [0.15, 0.2) is 12.1 Å². The van der Waals surface area contributed by atoms with Crippen LogP contribution in [0, 0.1) is 11.9 Å². The van der Waals surface area contributed by atoms with Gasteiger partial charge in [-0.2, -0.15) is 0 Å². The van der Waals surface area contributed by atoms with E-state index in [0.29, 0.717) is 0 Å². The number of halogens is 1. The van der Waals surface area contributed by atoms with E-state index in [9.17, 15) is 18.8 Å². The number of rotatable bonds is 3. The van der Waals surface area contributed by atoms with Gasteiger partial charge in [0.15, 0.2) is 0 Å². The maximum Gasteiger partial charge on any atom is 2.00 e. The topological polar surface area (TPSA) is 86.6 Å². The summed E-state index contributed by atoms with van der Waals surface area (Å²) < 4.78 is 18.1. The predicted molar refractivity (Wildman–Crippen MR) is 65.6 cm³/mol. The minimum atomic E-state index is -0.942. The van der Waals surface area contributed by atoms with Crippen LogP contribution >= 0.6 is 0 Å². The molecule has 1 aliphatic rings. The van der Waals surface area contributed by atoms with Gasteiger partial charge in [-0.1, -0.05) is 12.1 Å². The Morgan fingerprint density at radius 3 is 2.81 bits per heavy atom. The maximum absolute atomic E-state index is 13.3. The average Bonchev–Trinajstić information content (AvgIpc) is 2.41. The number of ether oxygens (including phenoxy) is 1. The molecule has 1 aromatic rings. The molecule has 0 aliphatic carbocycles. The van der Waals surface area contributed by atoms with Crippen molar-refractivity contribution in [2.24, 2.45) is 0 Å². The van der Waals surface area contributed by atoms with Crippen molar-refractivity contribution in [2.75, 3.05) is 7.11 Å². The summed E-state index contributed by atoms with van der Waals surface area (Å²) in [7, 11) is 1.32. The summed E-state index contributed by atoms with van der Waals surface area (Å²) in [6.07, 6.45) is 0.270. The van der Waals surface area contributed by atoms with Crippen LogP contribution in [0.5, 0.6) is 5.75 Å². The van der Waals surface area contributed by atoms with Crippen molar-refractivity contribution in [1.82, 2.24) is 5.32 Å². The Kier molecular flexibility index (Phi) is 6.02. The zero-order valence-corrected chi connectivity index (χ0v) is 13.9. The molecule has 0 spiro atoms. The zero-order valence-electron chi connectivity index (χ0n) is 11.0. The number of piperidine rings is 1. The van der Waals surface area contributed by atoms with Crippen molar-refractivity contribution in [2.45, 2.75) is 18.9 Å². The molecule has 0 radical (unpaired) electrons. The van der Waals surface area contributed by atoms with E-state index >= 15 is 0 Å². The third kappa shape index (κ3) is 4.36. The van der Waals surface area contributed by atoms with Gasteiger partial charge < -0.3 is 14.8 Å². The standard InChI is InChI=1S/C13H12FN2O4.W/c1-20-9-5-7(4-8(14)6-9)12(18)15-10-2-3-11(17)16-13(10)19;/h4,6,10H,2-3H2,1H3,(H2,15,16,17,18,19);/q-1;+2/p-1. The minimum Gasteiger partial charge on any atom is -0.684 e. The molecule has 1 aromatic carbocycles. The number of nitrogens with one attached hydrogen (secondary N) is 1. The summed E-state index contributed by atoms with van der Waals surface area (Å²) in [5, 5.41) is 5.77. The van der Waals surface area contributed by atoms with E-state index in [1.54, 1.807) is 0 Å². The SMILES string of the molecule is COc1[c-]c(C(=O)[N-]C2CCC(=O)NC2=O)cc(F)c1.[W+2]. The van der Waals surface area contributed by atoms with E-state index in [1.807, 2.05) is 0 Å². The number of carbonyl (C=O) groups excluding carboxylic acids is 3. The largest absolute Gasteiger partial charge is 2.00 e. The van der Waals surface area contributed by atoms with Crippen LogP contribution in [0.1, 0.15) is 23.2 Å². The van der Waals surface area contributed by atoms with E-state index in [2.05, 4.69) is 16.7 Å². The van der Waals surface area contributed by atoms with Gasteiger partial charge in [-0.3, -0.25) is 14.9 Å². The summed E-state index contributed by atoms with van der Waals surface area (Å²) >= 11 is 0. The monoisotopic (exact) mass is 462 g/mol. The van der Waals surface area contributed by atoms with Crippen LogP contribution in [0.3, 0.4) is 0 Å². The Bertz CT molecular complexity index is 579. The molecule has 0 aromatic heterocycles. The number of methoxy groups -OCH3 is 1. The van der Waals surface area contributed by atoms with Crippen LogP contribution in [-0.4, -0.2) is 30.9 Å². The van der Waals surface area contributed by atoms with Gasteiger partial charge in [0.2, 0.25) is 11.8 Å². The Morgan fingerprint density at radius 2 is 2.19 bits per heavy atom. The van der Waals surface area contributed by atoms with Crippen LogP contribution in [-0.2, 0) is 30.7 Å². The number of amides is 3. The third-order valence-corrected chi connectivity index (χ3v) is 2.74. The van der Waals surface area contributed by atoms with E-state index in [-0.39, 0.29) is 45.2 Å². The second kappa shape index (κ2) is 7.31. The number of carbonyl (C=O) groups is 3. The van der Waals surface area contributed by atoms with Gasteiger partial charge in [0.25, 0.3) is 0 Å². The third-order valence-electron chi connectivity index (χ3n) is 2.74. The van der Waals surface area contributed by atoms with Gasteiger partial charge in [0.05, 0.1) is 7.11 Å². The number of imide groups is 1. The first kappa shape index (κ1) is 17.3. The van der Waals surface area contributed by atoms with Gasteiger partial charge in [-0.25, -0.2) is 4.39 Å².